The van der Waals surface area contributed by atoms with E-state index in [4.69, 9.17) is 23.2 Å². The molecule has 0 radical (unpaired) electrons. The highest BCUT2D eigenvalue weighted by Crippen LogP contribution is 2.29. The maximum atomic E-state index is 12.6. The van der Waals surface area contributed by atoms with Crippen LogP contribution in [0.1, 0.15) is 19.4 Å². The molecule has 0 fully saturated rings. The van der Waals surface area contributed by atoms with Gasteiger partial charge in [0.25, 0.3) is 0 Å². The molecule has 0 aliphatic carbocycles. The van der Waals surface area contributed by atoms with Crippen LogP contribution in [0.15, 0.2) is 47.6 Å². The highest BCUT2D eigenvalue weighted by atomic mass is 35.5. The molecule has 0 aliphatic heterocycles. The quantitative estimate of drug-likeness (QED) is 0.505. The molecule has 0 saturated heterocycles. The molecule has 1 N–H and O–H groups in total. The van der Waals surface area contributed by atoms with Gasteiger partial charge in [-0.1, -0.05) is 58.7 Å². The van der Waals surface area contributed by atoms with E-state index in [0.29, 0.717) is 27.4 Å². The lowest BCUT2D eigenvalue weighted by Crippen LogP contribution is -2.23. The molecule has 5 nitrogen and oxygen atoms in total. The third kappa shape index (κ3) is 4.69. The van der Waals surface area contributed by atoms with Crippen LogP contribution in [0.25, 0.3) is 11.4 Å². The summed E-state index contributed by atoms with van der Waals surface area (Å²) >= 11 is 13.4. The number of anilines is 1. The number of nitrogens with one attached hydrogen (secondary N) is 1. The Morgan fingerprint density at radius 3 is 2.68 bits per heavy atom. The van der Waals surface area contributed by atoms with Crippen LogP contribution in [0.4, 0.5) is 5.69 Å². The number of hydrogen-bond donors (Lipinski definition) is 1. The van der Waals surface area contributed by atoms with Crippen molar-refractivity contribution in [2.75, 3.05) is 5.32 Å². The minimum atomic E-state index is -0.383. The Morgan fingerprint density at radius 2 is 2.00 bits per heavy atom. The zero-order chi connectivity index (χ0) is 20.3. The van der Waals surface area contributed by atoms with Gasteiger partial charge in [-0.05, 0) is 45.0 Å². The summed E-state index contributed by atoms with van der Waals surface area (Å²) in [6.45, 7) is 6.60. The zero-order valence-corrected chi connectivity index (χ0v) is 18.1. The summed E-state index contributed by atoms with van der Waals surface area (Å²) in [6, 6.07) is 13.1. The van der Waals surface area contributed by atoms with E-state index >= 15 is 0 Å². The number of thioether (sulfide) groups is 1. The van der Waals surface area contributed by atoms with Crippen LogP contribution in [0, 0.1) is 6.92 Å². The SMILES string of the molecule is CCn1c(SC(C)C(=O)Nc2ccc(Cl)cc2Cl)nnc1-c1cccc(C)c1. The third-order valence-electron chi connectivity index (χ3n) is 4.15. The number of amides is 1. The van der Waals surface area contributed by atoms with Crippen molar-refractivity contribution in [3.63, 3.8) is 0 Å². The second kappa shape index (κ2) is 8.99. The molecule has 146 valence electrons. The second-order valence-electron chi connectivity index (χ2n) is 6.29. The summed E-state index contributed by atoms with van der Waals surface area (Å²) in [5, 5.41) is 12.7. The molecular formula is C20H20Cl2N4OS. The van der Waals surface area contributed by atoms with Crippen LogP contribution < -0.4 is 5.32 Å². The monoisotopic (exact) mass is 434 g/mol. The average molecular weight is 435 g/mol. The Hall–Kier alpha value is -2.02. The number of nitrogens with zero attached hydrogens (tertiary/aromatic N) is 3. The van der Waals surface area contributed by atoms with Gasteiger partial charge in [0, 0.05) is 17.1 Å². The fraction of sp³-hybridized carbons (Fsp3) is 0.250. The van der Waals surface area contributed by atoms with Gasteiger partial charge in [-0.25, -0.2) is 0 Å². The molecule has 1 heterocycles. The number of aryl methyl sites for hydroxylation is 1. The van der Waals surface area contributed by atoms with Crippen molar-refractivity contribution in [2.45, 2.75) is 37.7 Å². The molecule has 2 aromatic carbocycles. The fourth-order valence-electron chi connectivity index (χ4n) is 2.70. The van der Waals surface area contributed by atoms with E-state index in [1.807, 2.05) is 43.5 Å². The fourth-order valence-corrected chi connectivity index (χ4v) is 4.06. The topological polar surface area (TPSA) is 59.8 Å². The molecule has 1 atom stereocenters. The highest BCUT2D eigenvalue weighted by molar-refractivity contribution is 8.00. The van der Waals surface area contributed by atoms with E-state index in [0.717, 1.165) is 17.0 Å². The van der Waals surface area contributed by atoms with Crippen LogP contribution in [0.3, 0.4) is 0 Å². The number of aromatic nitrogens is 3. The number of halogens is 2. The van der Waals surface area contributed by atoms with Gasteiger partial charge in [-0.2, -0.15) is 0 Å². The minimum absolute atomic E-state index is 0.169. The Labute approximate surface area is 178 Å². The summed E-state index contributed by atoms with van der Waals surface area (Å²) in [5.74, 6) is 0.624. The zero-order valence-electron chi connectivity index (χ0n) is 15.7. The van der Waals surface area contributed by atoms with Crippen LogP contribution in [-0.2, 0) is 11.3 Å². The maximum absolute atomic E-state index is 12.6. The van der Waals surface area contributed by atoms with Gasteiger partial charge >= 0.3 is 0 Å². The second-order valence-corrected chi connectivity index (χ2v) is 8.45. The smallest absolute Gasteiger partial charge is 0.237 e. The van der Waals surface area contributed by atoms with Gasteiger partial charge in [-0.15, -0.1) is 10.2 Å². The van der Waals surface area contributed by atoms with Crippen molar-refractivity contribution in [3.05, 3.63) is 58.1 Å². The van der Waals surface area contributed by atoms with Crippen molar-refractivity contribution in [3.8, 4) is 11.4 Å². The maximum Gasteiger partial charge on any atom is 0.237 e. The van der Waals surface area contributed by atoms with Gasteiger partial charge in [0.05, 0.1) is 16.0 Å². The molecule has 28 heavy (non-hydrogen) atoms. The predicted molar refractivity (Wildman–Crippen MR) is 116 cm³/mol. The average Bonchev–Trinajstić information content (AvgIpc) is 3.06. The predicted octanol–water partition coefficient (Wildman–Crippen LogP) is 5.70. The van der Waals surface area contributed by atoms with E-state index < -0.39 is 0 Å². The summed E-state index contributed by atoms with van der Waals surface area (Å²) in [6.07, 6.45) is 0. The van der Waals surface area contributed by atoms with Crippen molar-refractivity contribution >= 4 is 46.6 Å². The molecule has 1 amide bonds. The third-order valence-corrected chi connectivity index (χ3v) is 5.78. The molecule has 0 saturated carbocycles. The molecule has 3 rings (SSSR count). The van der Waals surface area contributed by atoms with Crippen molar-refractivity contribution in [2.24, 2.45) is 0 Å². The summed E-state index contributed by atoms with van der Waals surface area (Å²) in [7, 11) is 0. The summed E-state index contributed by atoms with van der Waals surface area (Å²) < 4.78 is 2.01. The first-order valence-corrected chi connectivity index (χ1v) is 10.5. The van der Waals surface area contributed by atoms with Gasteiger partial charge in [0.2, 0.25) is 5.91 Å². The molecule has 3 aromatic rings. The lowest BCUT2D eigenvalue weighted by molar-refractivity contribution is -0.115. The largest absolute Gasteiger partial charge is 0.324 e. The highest BCUT2D eigenvalue weighted by Gasteiger charge is 2.21. The molecule has 1 aromatic heterocycles. The number of carbonyl (C=O) groups excluding carboxylic acids is 1. The number of hydrogen-bond acceptors (Lipinski definition) is 4. The number of carbonyl (C=O) groups is 1. The Kier molecular flexibility index (Phi) is 6.65. The first-order valence-electron chi connectivity index (χ1n) is 8.82. The van der Waals surface area contributed by atoms with Crippen molar-refractivity contribution < 1.29 is 4.79 Å². The van der Waals surface area contributed by atoms with Gasteiger partial charge in [0.1, 0.15) is 0 Å². The van der Waals surface area contributed by atoms with E-state index in [2.05, 4.69) is 21.6 Å². The van der Waals surface area contributed by atoms with E-state index in [1.165, 1.54) is 11.8 Å². The van der Waals surface area contributed by atoms with Gasteiger partial charge in [-0.3, -0.25) is 4.79 Å². The molecule has 8 heteroatoms. The Bertz CT molecular complexity index is 1010. The number of benzene rings is 2. The van der Waals surface area contributed by atoms with Gasteiger partial charge in [0.15, 0.2) is 11.0 Å². The summed E-state index contributed by atoms with van der Waals surface area (Å²) in [4.78, 5) is 12.6. The number of rotatable bonds is 6. The van der Waals surface area contributed by atoms with Crippen LogP contribution in [-0.4, -0.2) is 25.9 Å². The van der Waals surface area contributed by atoms with Gasteiger partial charge < -0.3 is 9.88 Å². The molecule has 0 aliphatic rings. The van der Waals surface area contributed by atoms with E-state index in [9.17, 15) is 4.79 Å². The summed E-state index contributed by atoms with van der Waals surface area (Å²) in [5.41, 5.74) is 2.69. The van der Waals surface area contributed by atoms with Crippen molar-refractivity contribution in [1.82, 2.24) is 14.8 Å². The van der Waals surface area contributed by atoms with Crippen LogP contribution >= 0.6 is 35.0 Å². The Morgan fingerprint density at radius 1 is 1.21 bits per heavy atom. The van der Waals surface area contributed by atoms with Crippen LogP contribution in [0.2, 0.25) is 10.0 Å². The molecule has 0 spiro atoms. The molecule has 0 bridgehead atoms. The standard InChI is InChI=1S/C20H20Cl2N4OS/c1-4-26-18(14-7-5-6-12(2)10-14)24-25-20(26)28-13(3)19(27)23-17-9-8-15(21)11-16(17)22/h5-11,13H,4H2,1-3H3,(H,23,27). The van der Waals surface area contributed by atoms with Crippen LogP contribution in [0.5, 0.6) is 0 Å². The molecular weight excluding hydrogens is 415 g/mol. The van der Waals surface area contributed by atoms with E-state index in [-0.39, 0.29) is 11.2 Å². The van der Waals surface area contributed by atoms with Crippen molar-refractivity contribution in [1.29, 1.82) is 0 Å². The first-order chi connectivity index (χ1) is 13.4. The van der Waals surface area contributed by atoms with E-state index in [1.54, 1.807) is 18.2 Å². The molecule has 1 unspecified atom stereocenters. The normalized spacial score (nSPS) is 12.0. The Balaban J connectivity index is 1.76. The first kappa shape index (κ1) is 20.7. The lowest BCUT2D eigenvalue weighted by Gasteiger charge is -2.13. The minimum Gasteiger partial charge on any atom is -0.324 e. The lowest BCUT2D eigenvalue weighted by atomic mass is 10.1.